The molecule has 0 aromatic heterocycles. The Bertz CT molecular complexity index is 205. The lowest BCUT2D eigenvalue weighted by atomic mass is 10.1. The molecule has 2 atom stereocenters. The summed E-state index contributed by atoms with van der Waals surface area (Å²) in [4.78, 5) is 15.0. The quantitative estimate of drug-likeness (QED) is 0.801. The number of halogens is 2. The molecule has 0 aromatic carbocycles. The lowest BCUT2D eigenvalue weighted by molar-refractivity contribution is -0.144. The largest absolute Gasteiger partial charge is 0.480 e. The highest BCUT2D eigenvalue weighted by atomic mass is 35.5. The predicted octanol–water partition coefficient (Wildman–Crippen LogP) is 0.939. The summed E-state index contributed by atoms with van der Waals surface area (Å²) in [6.45, 7) is 6.60. The van der Waals surface area contributed by atoms with E-state index in [2.05, 4.69) is 18.9 Å². The van der Waals surface area contributed by atoms with E-state index in [1.54, 1.807) is 6.92 Å². The number of likely N-dealkylation sites (N-methyl/N-ethyl adjacent to an activating group) is 1. The zero-order chi connectivity index (χ0) is 10.0. The highest BCUT2D eigenvalue weighted by Crippen LogP contribution is 2.11. The molecule has 0 radical (unpaired) electrons. The van der Waals surface area contributed by atoms with Crippen molar-refractivity contribution < 1.29 is 9.90 Å². The number of carbonyl (C=O) groups is 1. The van der Waals surface area contributed by atoms with E-state index in [9.17, 15) is 4.79 Å². The summed E-state index contributed by atoms with van der Waals surface area (Å²) in [5, 5.41) is 8.86. The predicted molar refractivity (Wildman–Crippen MR) is 65.3 cm³/mol. The lowest BCUT2D eigenvalue weighted by Crippen LogP contribution is -2.55. The third-order valence-electron chi connectivity index (χ3n) is 2.74. The van der Waals surface area contributed by atoms with Crippen LogP contribution in [0.3, 0.4) is 0 Å². The fraction of sp³-hybridized carbons (Fsp3) is 0.889. The Morgan fingerprint density at radius 3 is 2.33 bits per heavy atom. The number of hydrogen-bond acceptors (Lipinski definition) is 3. The minimum Gasteiger partial charge on any atom is -0.480 e. The van der Waals surface area contributed by atoms with Crippen molar-refractivity contribution in [3.05, 3.63) is 0 Å². The molecule has 1 aliphatic heterocycles. The Balaban J connectivity index is 0. The van der Waals surface area contributed by atoms with Crippen LogP contribution in [0.5, 0.6) is 0 Å². The zero-order valence-electron chi connectivity index (χ0n) is 9.34. The Labute approximate surface area is 103 Å². The molecule has 0 spiro atoms. The van der Waals surface area contributed by atoms with Gasteiger partial charge in [0.25, 0.3) is 0 Å². The highest BCUT2D eigenvalue weighted by molar-refractivity contribution is 5.85. The van der Waals surface area contributed by atoms with Crippen LogP contribution >= 0.6 is 24.8 Å². The summed E-state index contributed by atoms with van der Waals surface area (Å²) >= 11 is 0. The first-order valence-electron chi connectivity index (χ1n) is 4.69. The number of carboxylic acids is 1. The summed E-state index contributed by atoms with van der Waals surface area (Å²) in [7, 11) is 2.07. The van der Waals surface area contributed by atoms with Gasteiger partial charge in [0.15, 0.2) is 0 Å². The van der Waals surface area contributed by atoms with Gasteiger partial charge in [0.1, 0.15) is 6.04 Å². The summed E-state index contributed by atoms with van der Waals surface area (Å²) in [5.74, 6) is -0.726. The molecule has 0 aromatic rings. The van der Waals surface area contributed by atoms with Gasteiger partial charge in [0.2, 0.25) is 0 Å². The van der Waals surface area contributed by atoms with Crippen molar-refractivity contribution in [2.45, 2.75) is 25.9 Å². The number of nitrogens with zero attached hydrogens (tertiary/aromatic N) is 2. The van der Waals surface area contributed by atoms with Crippen LogP contribution < -0.4 is 0 Å². The summed E-state index contributed by atoms with van der Waals surface area (Å²) in [5.41, 5.74) is 0. The van der Waals surface area contributed by atoms with Gasteiger partial charge < -0.3 is 10.0 Å². The van der Waals surface area contributed by atoms with E-state index >= 15 is 0 Å². The van der Waals surface area contributed by atoms with Gasteiger partial charge in [-0.1, -0.05) is 0 Å². The van der Waals surface area contributed by atoms with Crippen molar-refractivity contribution in [2.24, 2.45) is 0 Å². The van der Waals surface area contributed by atoms with Gasteiger partial charge in [-0.3, -0.25) is 9.69 Å². The van der Waals surface area contributed by atoms with Crippen molar-refractivity contribution in [1.82, 2.24) is 9.80 Å². The smallest absolute Gasteiger partial charge is 0.320 e. The molecule has 0 amide bonds. The molecule has 92 valence electrons. The van der Waals surface area contributed by atoms with Crippen LogP contribution in [0.25, 0.3) is 0 Å². The fourth-order valence-corrected chi connectivity index (χ4v) is 1.87. The minimum absolute atomic E-state index is 0. The number of hydrogen-bond donors (Lipinski definition) is 1. The number of carboxylic acid groups (broad SMARTS) is 1. The second-order valence-corrected chi connectivity index (χ2v) is 3.86. The molecule has 4 nitrogen and oxygen atoms in total. The second kappa shape index (κ2) is 7.28. The van der Waals surface area contributed by atoms with Crippen LogP contribution in [0.2, 0.25) is 0 Å². The number of aliphatic carboxylic acids is 1. The molecule has 0 unspecified atom stereocenters. The maximum atomic E-state index is 10.8. The molecule has 1 saturated heterocycles. The van der Waals surface area contributed by atoms with Crippen molar-refractivity contribution in [2.75, 3.05) is 26.7 Å². The molecular formula is C9H20Cl2N2O2. The van der Waals surface area contributed by atoms with Crippen molar-refractivity contribution >= 4 is 30.8 Å². The molecule has 0 saturated carbocycles. The van der Waals surface area contributed by atoms with Crippen LogP contribution in [0.15, 0.2) is 0 Å². The van der Waals surface area contributed by atoms with Gasteiger partial charge >= 0.3 is 5.97 Å². The molecule has 0 bridgehead atoms. The van der Waals surface area contributed by atoms with Gasteiger partial charge in [-0.25, -0.2) is 0 Å². The van der Waals surface area contributed by atoms with Crippen LogP contribution in [0.1, 0.15) is 13.8 Å². The van der Waals surface area contributed by atoms with Crippen LogP contribution in [0, 0.1) is 0 Å². The SMILES string of the molecule is C[C@@H]1CN(C)CCN1[C@H](C)C(=O)O.Cl.Cl. The number of piperazine rings is 1. The lowest BCUT2D eigenvalue weighted by Gasteiger charge is -2.40. The first-order valence-corrected chi connectivity index (χ1v) is 4.69. The van der Waals surface area contributed by atoms with E-state index in [1.165, 1.54) is 0 Å². The molecule has 6 heteroatoms. The number of rotatable bonds is 2. The van der Waals surface area contributed by atoms with Crippen molar-refractivity contribution in [3.8, 4) is 0 Å². The third-order valence-corrected chi connectivity index (χ3v) is 2.74. The average molecular weight is 259 g/mol. The van der Waals surface area contributed by atoms with E-state index in [0.717, 1.165) is 19.6 Å². The van der Waals surface area contributed by atoms with E-state index in [0.29, 0.717) is 6.04 Å². The second-order valence-electron chi connectivity index (χ2n) is 3.86. The van der Waals surface area contributed by atoms with E-state index in [4.69, 9.17) is 5.11 Å². The van der Waals surface area contributed by atoms with Crippen molar-refractivity contribution in [1.29, 1.82) is 0 Å². The summed E-state index contributed by atoms with van der Waals surface area (Å²) < 4.78 is 0. The minimum atomic E-state index is -0.726. The molecule has 1 rings (SSSR count). The van der Waals surface area contributed by atoms with E-state index in [1.807, 2.05) is 4.90 Å². The fourth-order valence-electron chi connectivity index (χ4n) is 1.87. The molecular weight excluding hydrogens is 239 g/mol. The molecule has 1 aliphatic rings. The highest BCUT2D eigenvalue weighted by Gasteiger charge is 2.28. The maximum Gasteiger partial charge on any atom is 0.320 e. The first-order chi connectivity index (χ1) is 6.02. The third kappa shape index (κ3) is 4.55. The summed E-state index contributed by atoms with van der Waals surface area (Å²) in [6, 6.07) is -0.0199. The van der Waals surface area contributed by atoms with Gasteiger partial charge in [0, 0.05) is 25.7 Å². The topological polar surface area (TPSA) is 43.8 Å². The molecule has 1 N–H and O–H groups in total. The molecule has 0 aliphatic carbocycles. The van der Waals surface area contributed by atoms with Gasteiger partial charge in [-0.05, 0) is 20.9 Å². The van der Waals surface area contributed by atoms with Gasteiger partial charge in [-0.2, -0.15) is 0 Å². The molecule has 1 heterocycles. The van der Waals surface area contributed by atoms with Gasteiger partial charge in [-0.15, -0.1) is 24.8 Å². The standard InChI is InChI=1S/C9H18N2O2.2ClH/c1-7-6-10(3)4-5-11(7)8(2)9(12)13;;/h7-8H,4-6H2,1-3H3,(H,12,13);2*1H/t7-,8-;;/m1../s1. The molecule has 15 heavy (non-hydrogen) atoms. The van der Waals surface area contributed by atoms with Crippen molar-refractivity contribution in [3.63, 3.8) is 0 Å². The zero-order valence-corrected chi connectivity index (χ0v) is 11.0. The maximum absolute atomic E-state index is 10.8. The van der Waals surface area contributed by atoms with E-state index in [-0.39, 0.29) is 30.9 Å². The first kappa shape index (κ1) is 17.4. The normalized spacial score (nSPS) is 24.9. The van der Waals surface area contributed by atoms with Crippen LogP contribution in [-0.4, -0.2) is 59.6 Å². The Morgan fingerprint density at radius 2 is 1.93 bits per heavy atom. The average Bonchev–Trinajstić information content (AvgIpc) is 2.03. The monoisotopic (exact) mass is 258 g/mol. The van der Waals surface area contributed by atoms with Gasteiger partial charge in [0.05, 0.1) is 0 Å². The Hall–Kier alpha value is -0.0300. The molecule has 1 fully saturated rings. The summed E-state index contributed by atoms with van der Waals surface area (Å²) in [6.07, 6.45) is 0. The van der Waals surface area contributed by atoms with E-state index < -0.39 is 5.97 Å². The van der Waals surface area contributed by atoms with Crippen LogP contribution in [0.4, 0.5) is 0 Å². The Kier molecular flexibility index (Phi) is 8.43. The van der Waals surface area contributed by atoms with Crippen LogP contribution in [-0.2, 0) is 4.79 Å². The Morgan fingerprint density at radius 1 is 1.40 bits per heavy atom.